The second-order valence-corrected chi connectivity index (χ2v) is 5.60. The average Bonchev–Trinajstić information content (AvgIpc) is 2.46. The zero-order valence-corrected chi connectivity index (χ0v) is 12.3. The first-order valence-corrected chi connectivity index (χ1v) is 7.45. The van der Waals surface area contributed by atoms with Crippen molar-refractivity contribution in [3.05, 3.63) is 0 Å². The number of hydrogen-bond acceptors (Lipinski definition) is 4. The SMILES string of the molecule is CCC1(CC)C(=O)NC(=O)N(CN2CCCCC2)C1=O. The fraction of sp³-hybridized carbons (Fsp3) is 0.786. The van der Waals surface area contributed by atoms with Gasteiger partial charge < -0.3 is 0 Å². The average molecular weight is 281 g/mol. The summed E-state index contributed by atoms with van der Waals surface area (Å²) in [6.45, 7) is 5.72. The molecule has 0 radical (unpaired) electrons. The van der Waals surface area contributed by atoms with E-state index >= 15 is 0 Å². The Kier molecular flexibility index (Phi) is 4.42. The number of piperidine rings is 1. The predicted molar refractivity (Wildman–Crippen MR) is 73.7 cm³/mol. The lowest BCUT2D eigenvalue weighted by atomic mass is 9.79. The Hall–Kier alpha value is -1.43. The molecule has 112 valence electrons. The maximum Gasteiger partial charge on any atom is 0.331 e. The largest absolute Gasteiger partial charge is 0.331 e. The third-order valence-electron chi connectivity index (χ3n) is 4.55. The smallest absolute Gasteiger partial charge is 0.286 e. The number of hydrogen-bond donors (Lipinski definition) is 1. The van der Waals surface area contributed by atoms with E-state index in [-0.39, 0.29) is 5.91 Å². The summed E-state index contributed by atoms with van der Waals surface area (Å²) < 4.78 is 0. The zero-order chi connectivity index (χ0) is 14.8. The molecule has 2 heterocycles. The van der Waals surface area contributed by atoms with Crippen molar-refractivity contribution in [2.75, 3.05) is 19.8 Å². The Morgan fingerprint density at radius 1 is 1.05 bits per heavy atom. The summed E-state index contributed by atoms with van der Waals surface area (Å²) >= 11 is 0. The number of likely N-dealkylation sites (tertiary alicyclic amines) is 1. The van der Waals surface area contributed by atoms with Crippen LogP contribution < -0.4 is 5.32 Å². The maximum absolute atomic E-state index is 12.6. The van der Waals surface area contributed by atoms with E-state index in [9.17, 15) is 14.4 Å². The van der Waals surface area contributed by atoms with Gasteiger partial charge in [-0.15, -0.1) is 0 Å². The lowest BCUT2D eigenvalue weighted by Gasteiger charge is -2.40. The van der Waals surface area contributed by atoms with Crippen molar-refractivity contribution in [1.82, 2.24) is 15.1 Å². The Bertz CT molecular complexity index is 412. The fourth-order valence-electron chi connectivity index (χ4n) is 3.03. The van der Waals surface area contributed by atoms with Crippen molar-refractivity contribution in [3.63, 3.8) is 0 Å². The van der Waals surface area contributed by atoms with Gasteiger partial charge in [0.25, 0.3) is 0 Å². The minimum absolute atomic E-state index is 0.291. The highest BCUT2D eigenvalue weighted by Gasteiger charge is 2.51. The first-order valence-electron chi connectivity index (χ1n) is 7.45. The van der Waals surface area contributed by atoms with E-state index in [1.165, 1.54) is 11.3 Å². The van der Waals surface area contributed by atoms with Crippen LogP contribution in [0.1, 0.15) is 46.0 Å². The van der Waals surface area contributed by atoms with Gasteiger partial charge in [-0.2, -0.15) is 0 Å². The summed E-state index contributed by atoms with van der Waals surface area (Å²) in [5.74, 6) is -0.797. The van der Waals surface area contributed by atoms with Gasteiger partial charge in [-0.1, -0.05) is 20.3 Å². The van der Waals surface area contributed by atoms with Crippen LogP contribution in [0.3, 0.4) is 0 Å². The second kappa shape index (κ2) is 5.91. The van der Waals surface area contributed by atoms with Gasteiger partial charge in [0.1, 0.15) is 5.41 Å². The molecule has 0 unspecified atom stereocenters. The van der Waals surface area contributed by atoms with Crippen LogP contribution in [-0.2, 0) is 9.59 Å². The highest BCUT2D eigenvalue weighted by molar-refractivity contribution is 6.19. The quantitative estimate of drug-likeness (QED) is 0.789. The van der Waals surface area contributed by atoms with Crippen LogP contribution in [0.5, 0.6) is 0 Å². The monoisotopic (exact) mass is 281 g/mol. The number of barbiturate groups is 1. The van der Waals surface area contributed by atoms with E-state index in [4.69, 9.17) is 0 Å². The lowest BCUT2D eigenvalue weighted by Crippen LogP contribution is -2.65. The lowest BCUT2D eigenvalue weighted by molar-refractivity contribution is -0.153. The Balaban J connectivity index is 2.16. The molecule has 1 N–H and O–H groups in total. The van der Waals surface area contributed by atoms with E-state index in [2.05, 4.69) is 10.2 Å². The molecule has 2 aliphatic rings. The molecule has 2 aliphatic heterocycles. The maximum atomic E-state index is 12.6. The fourth-order valence-corrected chi connectivity index (χ4v) is 3.03. The van der Waals surface area contributed by atoms with Crippen LogP contribution in [-0.4, -0.2) is 47.4 Å². The normalized spacial score (nSPS) is 23.9. The Labute approximate surface area is 119 Å². The van der Waals surface area contributed by atoms with Gasteiger partial charge in [0.2, 0.25) is 11.8 Å². The zero-order valence-electron chi connectivity index (χ0n) is 12.3. The van der Waals surface area contributed by atoms with Crippen LogP contribution >= 0.6 is 0 Å². The standard InChI is InChI=1S/C14H23N3O3/c1-3-14(4-2)11(18)15-13(20)17(12(14)19)10-16-8-6-5-7-9-16/h3-10H2,1-2H3,(H,15,18,20). The van der Waals surface area contributed by atoms with E-state index in [0.29, 0.717) is 19.5 Å². The summed E-state index contributed by atoms with van der Waals surface area (Å²) in [7, 11) is 0. The van der Waals surface area contributed by atoms with Gasteiger partial charge in [0.05, 0.1) is 6.67 Å². The highest BCUT2D eigenvalue weighted by atomic mass is 16.2. The van der Waals surface area contributed by atoms with Gasteiger partial charge in [0.15, 0.2) is 0 Å². The first-order chi connectivity index (χ1) is 9.55. The van der Waals surface area contributed by atoms with Crippen molar-refractivity contribution in [2.24, 2.45) is 5.41 Å². The Morgan fingerprint density at radius 3 is 2.20 bits per heavy atom. The minimum atomic E-state index is -1.08. The van der Waals surface area contributed by atoms with E-state index < -0.39 is 17.4 Å². The van der Waals surface area contributed by atoms with Crippen LogP contribution in [0.4, 0.5) is 4.79 Å². The van der Waals surface area contributed by atoms with E-state index in [1.807, 2.05) is 13.8 Å². The topological polar surface area (TPSA) is 69.7 Å². The molecule has 2 fully saturated rings. The van der Waals surface area contributed by atoms with Crippen molar-refractivity contribution in [2.45, 2.75) is 46.0 Å². The van der Waals surface area contributed by atoms with Gasteiger partial charge in [-0.05, 0) is 38.8 Å². The van der Waals surface area contributed by atoms with Crippen molar-refractivity contribution >= 4 is 17.8 Å². The number of nitrogens with zero attached hydrogens (tertiary/aromatic N) is 2. The predicted octanol–water partition coefficient (Wildman–Crippen LogP) is 1.31. The first kappa shape index (κ1) is 15.0. The molecule has 2 saturated heterocycles. The van der Waals surface area contributed by atoms with Crippen LogP contribution in [0.2, 0.25) is 0 Å². The summed E-state index contributed by atoms with van der Waals surface area (Å²) in [4.78, 5) is 39.9. The number of nitrogens with one attached hydrogen (secondary N) is 1. The molecule has 0 saturated carbocycles. The van der Waals surface area contributed by atoms with Crippen molar-refractivity contribution in [1.29, 1.82) is 0 Å². The van der Waals surface area contributed by atoms with Crippen LogP contribution in [0, 0.1) is 5.41 Å². The highest BCUT2D eigenvalue weighted by Crippen LogP contribution is 2.32. The van der Waals surface area contributed by atoms with E-state index in [1.54, 1.807) is 0 Å². The minimum Gasteiger partial charge on any atom is -0.286 e. The molecule has 0 aliphatic carbocycles. The summed E-state index contributed by atoms with van der Waals surface area (Å²) in [5.41, 5.74) is -1.08. The summed E-state index contributed by atoms with van der Waals surface area (Å²) in [6.07, 6.45) is 4.21. The van der Waals surface area contributed by atoms with Crippen LogP contribution in [0.25, 0.3) is 0 Å². The number of urea groups is 1. The van der Waals surface area contributed by atoms with Crippen LogP contribution in [0.15, 0.2) is 0 Å². The van der Waals surface area contributed by atoms with Gasteiger partial charge >= 0.3 is 6.03 Å². The molecule has 20 heavy (non-hydrogen) atoms. The molecule has 0 atom stereocenters. The molecule has 2 rings (SSSR count). The number of rotatable bonds is 4. The number of carbonyl (C=O) groups excluding carboxylic acids is 3. The van der Waals surface area contributed by atoms with Gasteiger partial charge in [-0.3, -0.25) is 19.8 Å². The second-order valence-electron chi connectivity index (χ2n) is 5.60. The van der Waals surface area contributed by atoms with Crippen molar-refractivity contribution in [3.8, 4) is 0 Å². The molecule has 0 spiro atoms. The molecule has 6 heteroatoms. The summed E-state index contributed by atoms with van der Waals surface area (Å²) in [6, 6.07) is -0.580. The molecule has 0 aromatic rings. The third kappa shape index (κ3) is 2.44. The number of amides is 4. The van der Waals surface area contributed by atoms with Gasteiger partial charge in [-0.25, -0.2) is 9.69 Å². The van der Waals surface area contributed by atoms with E-state index in [0.717, 1.165) is 25.9 Å². The number of carbonyl (C=O) groups is 3. The number of imide groups is 2. The molecule has 0 aromatic carbocycles. The molecular weight excluding hydrogens is 258 g/mol. The van der Waals surface area contributed by atoms with Gasteiger partial charge in [0, 0.05) is 0 Å². The molecule has 4 amide bonds. The third-order valence-corrected chi connectivity index (χ3v) is 4.55. The molecule has 0 aromatic heterocycles. The van der Waals surface area contributed by atoms with Crippen molar-refractivity contribution < 1.29 is 14.4 Å². The summed E-state index contributed by atoms with van der Waals surface area (Å²) in [5, 5.41) is 2.34. The Morgan fingerprint density at radius 2 is 1.65 bits per heavy atom. The molecule has 0 bridgehead atoms. The molecule has 6 nitrogen and oxygen atoms in total. The molecular formula is C14H23N3O3.